The number of carbonyl (C=O) groups is 4. The molecular weight excluding hydrogens is 576 g/mol. The molecule has 16 heteroatoms. The summed E-state index contributed by atoms with van der Waals surface area (Å²) in [4.78, 5) is 47.5. The molecule has 2 aromatic carbocycles. The second-order valence-corrected chi connectivity index (χ2v) is 9.30. The maximum absolute atomic E-state index is 12.9. The number of ether oxygens (including phenoxy) is 1. The fraction of sp³-hybridized carbons (Fsp3) is 0.273. The van der Waals surface area contributed by atoms with Crippen LogP contribution in [-0.2, 0) is 20.9 Å². The van der Waals surface area contributed by atoms with Gasteiger partial charge in [-0.2, -0.15) is 13.2 Å². The summed E-state index contributed by atoms with van der Waals surface area (Å²) in [5, 5.41) is 13.7. The Morgan fingerprint density at radius 3 is 2.08 bits per heavy atom. The number of nitrogens with zero attached hydrogens (tertiary/aromatic N) is 2. The van der Waals surface area contributed by atoms with E-state index < -0.39 is 29.6 Å². The van der Waals surface area contributed by atoms with Gasteiger partial charge in [-0.3, -0.25) is 18.8 Å². The number of esters is 1. The van der Waals surface area contributed by atoms with Gasteiger partial charge in [-0.05, 0) is 49.0 Å². The van der Waals surface area contributed by atoms with Gasteiger partial charge in [0.1, 0.15) is 0 Å². The number of carboxylic acids is 1. The lowest BCUT2D eigenvalue weighted by atomic mass is 10.2. The van der Waals surface area contributed by atoms with Crippen LogP contribution in [0.15, 0.2) is 48.5 Å². The topological polar surface area (TPSA) is 128 Å². The highest BCUT2D eigenvalue weighted by Gasteiger charge is 2.40. The summed E-state index contributed by atoms with van der Waals surface area (Å²) in [7, 11) is 1.61. The third-order valence-electron chi connectivity index (χ3n) is 4.50. The van der Waals surface area contributed by atoms with Gasteiger partial charge < -0.3 is 20.5 Å². The lowest BCUT2D eigenvalue weighted by molar-refractivity contribution is -0.192. The van der Waals surface area contributed by atoms with Crippen molar-refractivity contribution >= 4 is 59.0 Å². The first-order valence-electron chi connectivity index (χ1n) is 10.5. The third kappa shape index (κ3) is 9.59. The predicted octanol–water partition coefficient (Wildman–Crippen LogP) is 3.95. The van der Waals surface area contributed by atoms with E-state index in [0.717, 1.165) is 17.5 Å². The van der Waals surface area contributed by atoms with E-state index in [1.165, 1.54) is 9.21 Å². The molecule has 1 aliphatic rings. The summed E-state index contributed by atoms with van der Waals surface area (Å²) >= 11 is 12.9. The predicted molar refractivity (Wildman–Crippen MR) is 133 cm³/mol. The van der Waals surface area contributed by atoms with Gasteiger partial charge in [0.25, 0.3) is 5.91 Å². The molecular formula is C22H21Cl2F3N4O6S. The van der Waals surface area contributed by atoms with Gasteiger partial charge in [-0.15, -0.1) is 0 Å². The standard InChI is InChI=1S/C20H20Cl2N4O4S.C2HF3O2/c1-23-10-17(27)30-12-25-19(24-18(28)14-4-8-16(22)9-5-14)31-26(20(25)29)11-13-2-6-15(21)7-3-13;3-2(4,5)1(6)7/h2-9,19,23H,10-12H2,1H3,(H,24,28);(H,6,7). The van der Waals surface area contributed by atoms with E-state index in [0.29, 0.717) is 15.6 Å². The molecule has 0 radical (unpaired) electrons. The number of likely N-dealkylation sites (N-methyl/N-ethyl adjacent to an activating group) is 1. The van der Waals surface area contributed by atoms with Crippen molar-refractivity contribution in [1.82, 2.24) is 19.8 Å². The Hall–Kier alpha value is -3.20. The zero-order chi connectivity index (χ0) is 28.5. The highest BCUT2D eigenvalue weighted by molar-refractivity contribution is 7.98. The first kappa shape index (κ1) is 31.0. The molecule has 1 saturated heterocycles. The highest BCUT2D eigenvalue weighted by Crippen LogP contribution is 2.31. The Morgan fingerprint density at radius 2 is 1.58 bits per heavy atom. The van der Waals surface area contributed by atoms with E-state index in [1.807, 2.05) is 12.1 Å². The minimum atomic E-state index is -5.08. The van der Waals surface area contributed by atoms with Crippen molar-refractivity contribution in [3.05, 3.63) is 69.7 Å². The third-order valence-corrected chi connectivity index (χ3v) is 6.11. The Balaban J connectivity index is 0.000000638. The number of carbonyl (C=O) groups excluding carboxylic acids is 3. The number of hydrogen-bond donors (Lipinski definition) is 3. The number of rotatable bonds is 8. The first-order chi connectivity index (χ1) is 17.8. The molecule has 0 spiro atoms. The van der Waals surface area contributed by atoms with Crippen molar-refractivity contribution in [2.75, 3.05) is 20.3 Å². The van der Waals surface area contributed by atoms with E-state index >= 15 is 0 Å². The van der Waals surface area contributed by atoms with Crippen LogP contribution >= 0.6 is 35.1 Å². The van der Waals surface area contributed by atoms with Crippen LogP contribution < -0.4 is 10.6 Å². The lowest BCUT2D eigenvalue weighted by Crippen LogP contribution is -2.46. The second kappa shape index (κ2) is 14.1. The normalized spacial score (nSPS) is 15.0. The van der Waals surface area contributed by atoms with Gasteiger partial charge in [-0.1, -0.05) is 35.3 Å². The molecule has 2 aromatic rings. The van der Waals surface area contributed by atoms with Gasteiger partial charge in [0.15, 0.2) is 12.2 Å². The summed E-state index contributed by atoms with van der Waals surface area (Å²) in [5.41, 5.74) is 0.494. The summed E-state index contributed by atoms with van der Waals surface area (Å²) in [6.45, 7) is -0.00453. The maximum atomic E-state index is 12.9. The van der Waals surface area contributed by atoms with E-state index in [9.17, 15) is 27.6 Å². The van der Waals surface area contributed by atoms with Crippen LogP contribution in [0.2, 0.25) is 10.0 Å². The van der Waals surface area contributed by atoms with E-state index in [1.54, 1.807) is 43.4 Å². The summed E-state index contributed by atoms with van der Waals surface area (Å²) in [5.74, 6) is -3.66. The molecule has 3 amide bonds. The number of amides is 3. The summed E-state index contributed by atoms with van der Waals surface area (Å²) in [6.07, 6.45) is -5.08. The Bertz CT molecular complexity index is 1140. The van der Waals surface area contributed by atoms with Crippen LogP contribution in [0.4, 0.5) is 18.0 Å². The molecule has 3 N–H and O–H groups in total. The molecule has 1 aliphatic heterocycles. The fourth-order valence-electron chi connectivity index (χ4n) is 2.69. The number of nitrogens with one attached hydrogen (secondary N) is 2. The summed E-state index contributed by atoms with van der Waals surface area (Å²) < 4.78 is 38.4. The van der Waals surface area contributed by atoms with E-state index in [4.69, 9.17) is 37.8 Å². The molecule has 1 unspecified atom stereocenters. The molecule has 1 fully saturated rings. The quantitative estimate of drug-likeness (QED) is 0.309. The molecule has 206 valence electrons. The van der Waals surface area contributed by atoms with Gasteiger partial charge in [0.05, 0.1) is 13.1 Å². The van der Waals surface area contributed by atoms with Crippen LogP contribution in [-0.4, -0.2) is 70.2 Å². The van der Waals surface area contributed by atoms with Crippen LogP contribution in [0.1, 0.15) is 15.9 Å². The van der Waals surface area contributed by atoms with Crippen LogP contribution in [0.25, 0.3) is 0 Å². The largest absolute Gasteiger partial charge is 0.490 e. The Labute approximate surface area is 229 Å². The molecule has 0 saturated carbocycles. The van der Waals surface area contributed by atoms with Gasteiger partial charge in [0.2, 0.25) is 0 Å². The Kier molecular flexibility index (Phi) is 11.5. The zero-order valence-corrected chi connectivity index (χ0v) is 21.8. The van der Waals surface area contributed by atoms with Gasteiger partial charge in [-0.25, -0.2) is 9.59 Å². The highest BCUT2D eigenvalue weighted by atomic mass is 35.5. The van der Waals surface area contributed by atoms with E-state index in [-0.39, 0.29) is 25.7 Å². The first-order valence-corrected chi connectivity index (χ1v) is 12.1. The summed E-state index contributed by atoms with van der Waals surface area (Å²) in [6, 6.07) is 13.1. The van der Waals surface area contributed by atoms with Crippen LogP contribution in [0.5, 0.6) is 0 Å². The number of aliphatic carboxylic acids is 1. The SMILES string of the molecule is CNCC(=O)OCN1C(=O)N(Cc2ccc(Cl)cc2)SC1NC(=O)c1ccc(Cl)cc1.O=C(O)C(F)(F)F. The minimum Gasteiger partial charge on any atom is -0.475 e. The van der Waals surface area contributed by atoms with Gasteiger partial charge in [0, 0.05) is 27.6 Å². The van der Waals surface area contributed by atoms with Crippen molar-refractivity contribution in [1.29, 1.82) is 0 Å². The van der Waals surface area contributed by atoms with Crippen molar-refractivity contribution < 1.29 is 42.2 Å². The van der Waals surface area contributed by atoms with Crippen LogP contribution in [0.3, 0.4) is 0 Å². The maximum Gasteiger partial charge on any atom is 0.490 e. The molecule has 38 heavy (non-hydrogen) atoms. The van der Waals surface area contributed by atoms with Crippen molar-refractivity contribution in [2.24, 2.45) is 0 Å². The van der Waals surface area contributed by atoms with Crippen LogP contribution in [0, 0.1) is 0 Å². The number of benzene rings is 2. The molecule has 3 rings (SSSR count). The number of carboxylic acid groups (broad SMARTS) is 1. The van der Waals surface area contributed by atoms with Crippen molar-refractivity contribution in [3.8, 4) is 0 Å². The second-order valence-electron chi connectivity index (χ2n) is 7.33. The number of halogens is 5. The number of urea groups is 1. The molecule has 0 bridgehead atoms. The smallest absolute Gasteiger partial charge is 0.475 e. The average Bonchev–Trinajstić information content (AvgIpc) is 3.13. The molecule has 10 nitrogen and oxygen atoms in total. The van der Waals surface area contributed by atoms with Gasteiger partial charge >= 0.3 is 24.1 Å². The number of alkyl halides is 3. The fourth-order valence-corrected chi connectivity index (χ4v) is 4.02. The molecule has 0 aliphatic carbocycles. The average molecular weight is 597 g/mol. The zero-order valence-electron chi connectivity index (χ0n) is 19.5. The van der Waals surface area contributed by atoms with Crippen molar-refractivity contribution in [3.63, 3.8) is 0 Å². The molecule has 1 heterocycles. The minimum absolute atomic E-state index is 0.00542. The van der Waals surface area contributed by atoms with Crippen molar-refractivity contribution in [2.45, 2.75) is 18.2 Å². The lowest BCUT2D eigenvalue weighted by Gasteiger charge is -2.22. The molecule has 1 atom stereocenters. The number of hydrogen-bond acceptors (Lipinski definition) is 7. The van der Waals surface area contributed by atoms with E-state index in [2.05, 4.69) is 10.6 Å². The monoisotopic (exact) mass is 596 g/mol. The Morgan fingerprint density at radius 1 is 1.05 bits per heavy atom. The molecule has 0 aromatic heterocycles.